The molecule has 0 radical (unpaired) electrons. The fourth-order valence-corrected chi connectivity index (χ4v) is 4.77. The van der Waals surface area contributed by atoms with Crippen molar-refractivity contribution in [3.05, 3.63) is 59.0 Å². The SMILES string of the molecule is CC(C=NNC(=O)CSc1nnc(-c2ccc(Cl)cc2)n1C1CCCCC1)=Cc1ccco1. The number of hydrazone groups is 1. The lowest BCUT2D eigenvalue weighted by Crippen LogP contribution is -2.20. The first kappa shape index (κ1) is 23.3. The van der Waals surface area contributed by atoms with E-state index in [0.717, 1.165) is 40.7 Å². The first-order valence-electron chi connectivity index (χ1n) is 11.0. The molecule has 0 atom stereocenters. The smallest absolute Gasteiger partial charge is 0.250 e. The number of thioether (sulfide) groups is 1. The topological polar surface area (TPSA) is 85.3 Å². The number of allylic oxidation sites excluding steroid dienone is 1. The highest BCUT2D eigenvalue weighted by Gasteiger charge is 2.24. The standard InChI is InChI=1S/C24H26ClN5O2S/c1-17(14-21-8-5-13-32-21)15-26-27-22(31)16-33-24-29-28-23(18-9-11-19(25)12-10-18)30(24)20-6-3-2-4-7-20/h5,8-15,20H,2-4,6-7,16H2,1H3,(H,27,31). The lowest BCUT2D eigenvalue weighted by molar-refractivity contribution is -0.118. The third kappa shape index (κ3) is 6.36. The number of rotatable bonds is 8. The maximum atomic E-state index is 12.4. The van der Waals surface area contributed by atoms with Gasteiger partial charge in [0.1, 0.15) is 5.76 Å². The number of amides is 1. The van der Waals surface area contributed by atoms with E-state index in [-0.39, 0.29) is 11.7 Å². The number of carbonyl (C=O) groups excluding carboxylic acids is 1. The zero-order chi connectivity index (χ0) is 23.0. The van der Waals surface area contributed by atoms with E-state index in [2.05, 4.69) is 25.3 Å². The van der Waals surface area contributed by atoms with Gasteiger partial charge in [0, 0.05) is 16.6 Å². The minimum absolute atomic E-state index is 0.198. The maximum absolute atomic E-state index is 12.4. The van der Waals surface area contributed by atoms with E-state index in [4.69, 9.17) is 16.0 Å². The van der Waals surface area contributed by atoms with Gasteiger partial charge >= 0.3 is 0 Å². The van der Waals surface area contributed by atoms with Crippen LogP contribution in [0.4, 0.5) is 0 Å². The molecule has 2 aromatic heterocycles. The quantitative estimate of drug-likeness (QED) is 0.241. The number of hydrogen-bond acceptors (Lipinski definition) is 6. The molecular weight excluding hydrogens is 458 g/mol. The number of nitrogens with zero attached hydrogens (tertiary/aromatic N) is 4. The van der Waals surface area contributed by atoms with Gasteiger partial charge < -0.3 is 4.42 Å². The second-order valence-corrected chi connectivity index (χ2v) is 9.34. The summed E-state index contributed by atoms with van der Waals surface area (Å²) >= 11 is 7.44. The van der Waals surface area contributed by atoms with E-state index < -0.39 is 0 Å². The van der Waals surface area contributed by atoms with E-state index >= 15 is 0 Å². The molecule has 33 heavy (non-hydrogen) atoms. The fraction of sp³-hybridized carbons (Fsp3) is 0.333. The molecule has 0 bridgehead atoms. The summed E-state index contributed by atoms with van der Waals surface area (Å²) in [6.45, 7) is 1.89. The van der Waals surface area contributed by atoms with Crippen LogP contribution in [0.2, 0.25) is 5.02 Å². The average Bonchev–Trinajstić information content (AvgIpc) is 3.49. The first-order valence-corrected chi connectivity index (χ1v) is 12.3. The Labute approximate surface area is 202 Å². The van der Waals surface area contributed by atoms with Crippen LogP contribution in [0, 0.1) is 0 Å². The van der Waals surface area contributed by atoms with Crippen molar-refractivity contribution < 1.29 is 9.21 Å². The van der Waals surface area contributed by atoms with Gasteiger partial charge in [-0.25, -0.2) is 5.43 Å². The Balaban J connectivity index is 1.42. The number of carbonyl (C=O) groups is 1. The van der Waals surface area contributed by atoms with E-state index in [1.54, 1.807) is 12.5 Å². The van der Waals surface area contributed by atoms with Crippen LogP contribution in [0.5, 0.6) is 0 Å². The van der Waals surface area contributed by atoms with Crippen molar-refractivity contribution in [2.75, 3.05) is 5.75 Å². The van der Waals surface area contributed by atoms with Crippen LogP contribution in [0.3, 0.4) is 0 Å². The van der Waals surface area contributed by atoms with Gasteiger partial charge in [-0.3, -0.25) is 9.36 Å². The highest BCUT2D eigenvalue weighted by atomic mass is 35.5. The molecule has 9 heteroatoms. The summed E-state index contributed by atoms with van der Waals surface area (Å²) in [6, 6.07) is 11.6. The third-order valence-electron chi connectivity index (χ3n) is 5.41. The fourth-order valence-electron chi connectivity index (χ4n) is 3.84. The van der Waals surface area contributed by atoms with Crippen LogP contribution in [0.15, 0.2) is 62.9 Å². The predicted molar refractivity (Wildman–Crippen MR) is 132 cm³/mol. The Bertz CT molecular complexity index is 1120. The van der Waals surface area contributed by atoms with Crippen molar-refractivity contribution in [3.63, 3.8) is 0 Å². The number of furan rings is 1. The molecule has 0 unspecified atom stereocenters. The van der Waals surface area contributed by atoms with Gasteiger partial charge in [0.2, 0.25) is 0 Å². The second-order valence-electron chi connectivity index (χ2n) is 7.96. The summed E-state index contributed by atoms with van der Waals surface area (Å²) in [5.74, 6) is 1.55. The Kier molecular flexibility index (Phi) is 8.01. The highest BCUT2D eigenvalue weighted by Crippen LogP contribution is 2.35. The van der Waals surface area contributed by atoms with Crippen molar-refractivity contribution in [3.8, 4) is 11.4 Å². The van der Waals surface area contributed by atoms with E-state index in [1.807, 2.05) is 49.4 Å². The molecule has 0 spiro atoms. The van der Waals surface area contributed by atoms with Crippen LogP contribution in [-0.2, 0) is 4.79 Å². The molecule has 1 aromatic carbocycles. The summed E-state index contributed by atoms with van der Waals surface area (Å²) in [5, 5.41) is 14.3. The Morgan fingerprint density at radius 3 is 2.76 bits per heavy atom. The largest absolute Gasteiger partial charge is 0.465 e. The Morgan fingerprint density at radius 2 is 2.03 bits per heavy atom. The van der Waals surface area contributed by atoms with Crippen molar-refractivity contribution in [2.24, 2.45) is 5.10 Å². The van der Waals surface area contributed by atoms with Crippen LogP contribution < -0.4 is 5.43 Å². The molecule has 1 aliphatic carbocycles. The molecule has 4 rings (SSSR count). The summed E-state index contributed by atoms with van der Waals surface area (Å²) in [6.07, 6.45) is 10.9. The molecule has 7 nitrogen and oxygen atoms in total. The molecule has 1 N–H and O–H groups in total. The molecule has 2 heterocycles. The zero-order valence-corrected chi connectivity index (χ0v) is 20.0. The number of nitrogens with one attached hydrogen (secondary N) is 1. The number of halogens is 1. The van der Waals surface area contributed by atoms with Crippen molar-refractivity contribution in [2.45, 2.75) is 50.2 Å². The third-order valence-corrected chi connectivity index (χ3v) is 6.60. The normalized spacial score (nSPS) is 15.3. The van der Waals surface area contributed by atoms with Crippen molar-refractivity contribution in [1.29, 1.82) is 0 Å². The first-order chi connectivity index (χ1) is 16.1. The lowest BCUT2D eigenvalue weighted by Gasteiger charge is -2.25. The van der Waals surface area contributed by atoms with Gasteiger partial charge in [0.05, 0.1) is 18.2 Å². The van der Waals surface area contributed by atoms with Gasteiger partial charge in [0.15, 0.2) is 11.0 Å². The molecular formula is C24H26ClN5O2S. The number of aromatic nitrogens is 3. The monoisotopic (exact) mass is 483 g/mol. The van der Waals surface area contributed by atoms with Gasteiger partial charge in [-0.15, -0.1) is 10.2 Å². The van der Waals surface area contributed by atoms with E-state index in [0.29, 0.717) is 11.1 Å². The highest BCUT2D eigenvalue weighted by molar-refractivity contribution is 7.99. The van der Waals surface area contributed by atoms with Crippen LogP contribution in [0.25, 0.3) is 17.5 Å². The van der Waals surface area contributed by atoms with E-state index in [1.165, 1.54) is 31.0 Å². The van der Waals surface area contributed by atoms with Gasteiger partial charge in [-0.1, -0.05) is 42.6 Å². The molecule has 1 aliphatic rings. The lowest BCUT2D eigenvalue weighted by atomic mass is 9.95. The summed E-state index contributed by atoms with van der Waals surface area (Å²) in [7, 11) is 0. The van der Waals surface area contributed by atoms with E-state index in [9.17, 15) is 4.79 Å². The van der Waals surface area contributed by atoms with Crippen molar-refractivity contribution >= 4 is 41.6 Å². The molecule has 172 valence electrons. The van der Waals surface area contributed by atoms with Gasteiger partial charge in [-0.2, -0.15) is 5.10 Å². The number of benzene rings is 1. The predicted octanol–water partition coefficient (Wildman–Crippen LogP) is 5.99. The molecule has 3 aromatic rings. The van der Waals surface area contributed by atoms with Gasteiger partial charge in [-0.05, 0) is 67.8 Å². The van der Waals surface area contributed by atoms with Gasteiger partial charge in [0.25, 0.3) is 5.91 Å². The Morgan fingerprint density at radius 1 is 1.24 bits per heavy atom. The second kappa shape index (κ2) is 11.3. The minimum atomic E-state index is -0.201. The summed E-state index contributed by atoms with van der Waals surface area (Å²) in [5.41, 5.74) is 4.41. The molecule has 0 aliphatic heterocycles. The maximum Gasteiger partial charge on any atom is 0.250 e. The molecule has 1 saturated carbocycles. The summed E-state index contributed by atoms with van der Waals surface area (Å²) < 4.78 is 7.46. The van der Waals surface area contributed by atoms with Crippen molar-refractivity contribution in [1.82, 2.24) is 20.2 Å². The van der Waals surface area contributed by atoms with Crippen LogP contribution >= 0.6 is 23.4 Å². The minimum Gasteiger partial charge on any atom is -0.465 e. The average molecular weight is 484 g/mol. The van der Waals surface area contributed by atoms with Crippen LogP contribution in [-0.4, -0.2) is 32.6 Å². The summed E-state index contributed by atoms with van der Waals surface area (Å²) in [4.78, 5) is 12.4. The van der Waals surface area contributed by atoms with Crippen LogP contribution in [0.1, 0.15) is 50.8 Å². The molecule has 0 saturated heterocycles. The number of hydrogen-bond donors (Lipinski definition) is 1. The molecule has 1 amide bonds. The molecule has 1 fully saturated rings. The zero-order valence-electron chi connectivity index (χ0n) is 18.4. The Hall–Kier alpha value is -2.84.